The second-order valence-electron chi connectivity index (χ2n) is 7.55. The number of thiophene rings is 1. The molecular formula is C25H21N3O6S. The first kappa shape index (κ1) is 23.8. The molecule has 0 saturated heterocycles. The molecule has 0 saturated carbocycles. The van der Waals surface area contributed by atoms with E-state index < -0.39 is 29.4 Å². The largest absolute Gasteiger partial charge is 0.476 e. The van der Waals surface area contributed by atoms with Crippen LogP contribution in [0.15, 0.2) is 64.8 Å². The van der Waals surface area contributed by atoms with Crippen LogP contribution in [-0.2, 0) is 9.53 Å². The Morgan fingerprint density at radius 2 is 1.74 bits per heavy atom. The number of ether oxygens (including phenoxy) is 1. The minimum Gasteiger partial charge on any atom is -0.476 e. The predicted molar refractivity (Wildman–Crippen MR) is 132 cm³/mol. The van der Waals surface area contributed by atoms with Gasteiger partial charge in [-0.1, -0.05) is 48.5 Å². The van der Waals surface area contributed by atoms with Crippen molar-refractivity contribution in [2.45, 2.75) is 19.9 Å². The third kappa shape index (κ3) is 4.56. The number of aromatic nitrogens is 2. The highest BCUT2D eigenvalue weighted by molar-refractivity contribution is 7.15. The summed E-state index contributed by atoms with van der Waals surface area (Å²) in [6, 6.07) is 14.2. The average molecular weight is 492 g/mol. The van der Waals surface area contributed by atoms with Gasteiger partial charge < -0.3 is 15.2 Å². The zero-order valence-corrected chi connectivity index (χ0v) is 19.7. The summed E-state index contributed by atoms with van der Waals surface area (Å²) < 4.78 is 6.05. The molecule has 0 aliphatic rings. The van der Waals surface area contributed by atoms with Crippen LogP contribution in [0, 0.1) is 0 Å². The topological polar surface area (TPSA) is 128 Å². The fourth-order valence-corrected chi connectivity index (χ4v) is 4.60. The fourth-order valence-electron chi connectivity index (χ4n) is 3.64. The van der Waals surface area contributed by atoms with Crippen molar-refractivity contribution in [2.75, 3.05) is 11.9 Å². The number of carbonyl (C=O) groups excluding carboxylic acids is 2. The summed E-state index contributed by atoms with van der Waals surface area (Å²) in [7, 11) is 0. The molecule has 0 fully saturated rings. The molecule has 4 aromatic rings. The van der Waals surface area contributed by atoms with Crippen molar-refractivity contribution in [1.82, 2.24) is 9.78 Å². The SMILES string of the molecule is CCOC(=O)c1c(-c2ccccc2)csc1NC(=O)C(C)n1nc(C(=O)O)c2ccccc2c1=O. The van der Waals surface area contributed by atoms with Gasteiger partial charge in [0.05, 0.1) is 12.0 Å². The molecular weight excluding hydrogens is 470 g/mol. The number of hydrogen-bond acceptors (Lipinski definition) is 7. The zero-order valence-electron chi connectivity index (χ0n) is 18.8. The fraction of sp³-hybridized carbons (Fsp3) is 0.160. The van der Waals surface area contributed by atoms with Crippen molar-refractivity contribution >= 4 is 45.0 Å². The maximum absolute atomic E-state index is 13.2. The number of nitrogens with zero attached hydrogens (tertiary/aromatic N) is 2. The van der Waals surface area contributed by atoms with Crippen LogP contribution in [0.4, 0.5) is 5.00 Å². The molecule has 1 amide bonds. The van der Waals surface area contributed by atoms with Crippen LogP contribution in [0.1, 0.15) is 40.7 Å². The van der Waals surface area contributed by atoms with Gasteiger partial charge in [-0.25, -0.2) is 14.3 Å². The minimum atomic E-state index is -1.32. The molecule has 2 aromatic heterocycles. The Balaban J connectivity index is 1.73. The molecule has 9 nitrogen and oxygen atoms in total. The lowest BCUT2D eigenvalue weighted by atomic mass is 10.0. The summed E-state index contributed by atoms with van der Waals surface area (Å²) in [5.74, 6) is -2.55. The van der Waals surface area contributed by atoms with E-state index in [-0.39, 0.29) is 33.6 Å². The van der Waals surface area contributed by atoms with Gasteiger partial charge in [-0.3, -0.25) is 9.59 Å². The maximum Gasteiger partial charge on any atom is 0.357 e. The normalized spacial score (nSPS) is 11.7. The summed E-state index contributed by atoms with van der Waals surface area (Å²) in [6.45, 7) is 3.27. The monoisotopic (exact) mass is 491 g/mol. The van der Waals surface area contributed by atoms with Crippen LogP contribution >= 0.6 is 11.3 Å². The standard InChI is InChI=1S/C25H21N3O6S/c1-3-34-25(33)19-18(15-9-5-4-6-10-15)13-35-22(19)26-21(29)14(2)28-23(30)17-12-8-7-11-16(17)20(27-28)24(31)32/h4-14H,3H2,1-2H3,(H,26,29)(H,31,32). The molecule has 2 N–H and O–H groups in total. The van der Waals surface area contributed by atoms with E-state index in [1.165, 1.54) is 19.1 Å². The Labute approximate surface area is 203 Å². The third-order valence-electron chi connectivity index (χ3n) is 5.37. The van der Waals surface area contributed by atoms with Gasteiger partial charge in [0.25, 0.3) is 5.56 Å². The van der Waals surface area contributed by atoms with Gasteiger partial charge in [-0.2, -0.15) is 5.10 Å². The molecule has 0 radical (unpaired) electrons. The van der Waals surface area contributed by atoms with Gasteiger partial charge in [0.2, 0.25) is 5.91 Å². The molecule has 178 valence electrons. The lowest BCUT2D eigenvalue weighted by molar-refractivity contribution is -0.119. The summed E-state index contributed by atoms with van der Waals surface area (Å²) in [4.78, 5) is 50.7. The first-order valence-corrected chi connectivity index (χ1v) is 11.6. The number of rotatable bonds is 7. The van der Waals surface area contributed by atoms with Crippen molar-refractivity contribution in [2.24, 2.45) is 0 Å². The van der Waals surface area contributed by atoms with Crippen LogP contribution in [0.5, 0.6) is 0 Å². The number of carboxylic acid groups (broad SMARTS) is 1. The number of aromatic carboxylic acids is 1. The lowest BCUT2D eigenvalue weighted by Crippen LogP contribution is -2.35. The Kier molecular flexibility index (Phi) is 6.74. The van der Waals surface area contributed by atoms with Crippen LogP contribution in [0.3, 0.4) is 0 Å². The maximum atomic E-state index is 13.2. The average Bonchev–Trinajstić information content (AvgIpc) is 3.28. The van der Waals surface area contributed by atoms with E-state index in [1.807, 2.05) is 30.3 Å². The molecule has 10 heteroatoms. The Morgan fingerprint density at radius 3 is 2.40 bits per heavy atom. The third-order valence-corrected chi connectivity index (χ3v) is 6.26. The number of carboxylic acids is 1. The van der Waals surface area contributed by atoms with Crippen molar-refractivity contribution in [3.8, 4) is 11.1 Å². The molecule has 4 rings (SSSR count). The molecule has 2 heterocycles. The highest BCUT2D eigenvalue weighted by Gasteiger charge is 2.27. The van der Waals surface area contributed by atoms with E-state index in [9.17, 15) is 24.3 Å². The van der Waals surface area contributed by atoms with Gasteiger partial charge in [-0.05, 0) is 25.5 Å². The van der Waals surface area contributed by atoms with Crippen molar-refractivity contribution in [3.63, 3.8) is 0 Å². The molecule has 2 aromatic carbocycles. The second-order valence-corrected chi connectivity index (χ2v) is 8.43. The van der Waals surface area contributed by atoms with Gasteiger partial charge in [-0.15, -0.1) is 11.3 Å². The summed E-state index contributed by atoms with van der Waals surface area (Å²) >= 11 is 1.15. The lowest BCUT2D eigenvalue weighted by Gasteiger charge is -2.16. The van der Waals surface area contributed by atoms with E-state index in [2.05, 4.69) is 10.4 Å². The number of fused-ring (bicyclic) bond motifs is 1. The first-order valence-electron chi connectivity index (χ1n) is 10.7. The van der Waals surface area contributed by atoms with Crippen LogP contribution < -0.4 is 10.9 Å². The number of carbonyl (C=O) groups is 3. The number of amides is 1. The van der Waals surface area contributed by atoms with Gasteiger partial charge in [0.15, 0.2) is 5.69 Å². The van der Waals surface area contributed by atoms with Crippen LogP contribution in [-0.4, -0.2) is 39.3 Å². The molecule has 0 aliphatic carbocycles. The van der Waals surface area contributed by atoms with E-state index in [4.69, 9.17) is 4.74 Å². The minimum absolute atomic E-state index is 0.134. The van der Waals surface area contributed by atoms with Gasteiger partial charge >= 0.3 is 11.9 Å². The molecule has 0 aliphatic heterocycles. The quantitative estimate of drug-likeness (QED) is 0.371. The first-order chi connectivity index (χ1) is 16.8. The van der Waals surface area contributed by atoms with E-state index >= 15 is 0 Å². The van der Waals surface area contributed by atoms with Crippen LogP contribution in [0.2, 0.25) is 0 Å². The Bertz CT molecular complexity index is 1490. The Morgan fingerprint density at radius 1 is 1.09 bits per heavy atom. The van der Waals surface area contributed by atoms with E-state index in [1.54, 1.807) is 24.4 Å². The Hall–Kier alpha value is -4.31. The van der Waals surface area contributed by atoms with Gasteiger partial charge in [0, 0.05) is 16.3 Å². The molecule has 0 spiro atoms. The highest BCUT2D eigenvalue weighted by Crippen LogP contribution is 2.36. The number of hydrogen-bond donors (Lipinski definition) is 2. The number of nitrogens with one attached hydrogen (secondary N) is 1. The smallest absolute Gasteiger partial charge is 0.357 e. The van der Waals surface area contributed by atoms with E-state index in [0.29, 0.717) is 5.56 Å². The van der Waals surface area contributed by atoms with Crippen molar-refractivity contribution < 1.29 is 24.2 Å². The van der Waals surface area contributed by atoms with Gasteiger partial charge in [0.1, 0.15) is 16.6 Å². The summed E-state index contributed by atoms with van der Waals surface area (Å²) in [5, 5.41) is 18.6. The molecule has 0 bridgehead atoms. The second kappa shape index (κ2) is 9.90. The summed E-state index contributed by atoms with van der Waals surface area (Å²) in [5.41, 5.74) is 0.642. The highest BCUT2D eigenvalue weighted by atomic mass is 32.1. The van der Waals surface area contributed by atoms with Crippen LogP contribution in [0.25, 0.3) is 21.9 Å². The zero-order chi connectivity index (χ0) is 25.1. The molecule has 1 atom stereocenters. The molecule has 35 heavy (non-hydrogen) atoms. The number of anilines is 1. The summed E-state index contributed by atoms with van der Waals surface area (Å²) in [6.07, 6.45) is 0. The number of esters is 1. The van der Waals surface area contributed by atoms with Crippen molar-refractivity contribution in [3.05, 3.63) is 81.6 Å². The van der Waals surface area contributed by atoms with E-state index in [0.717, 1.165) is 21.6 Å². The molecule has 1 unspecified atom stereocenters. The predicted octanol–water partition coefficient (Wildman–Crippen LogP) is 4.20. The number of benzene rings is 2. The van der Waals surface area contributed by atoms with Crippen molar-refractivity contribution in [1.29, 1.82) is 0 Å².